The average molecular weight is 354 g/mol. The fraction of sp³-hybridized carbons (Fsp3) is 0.211. The Morgan fingerprint density at radius 3 is 2.48 bits per heavy atom. The Morgan fingerprint density at radius 2 is 1.76 bits per heavy atom. The molecule has 3 rings (SSSR count). The fourth-order valence-corrected chi connectivity index (χ4v) is 2.54. The van der Waals surface area contributed by atoms with E-state index in [1.54, 1.807) is 6.20 Å². The van der Waals surface area contributed by atoms with Crippen molar-refractivity contribution in [2.75, 3.05) is 10.6 Å². The Balaban J connectivity index is 1.76. The lowest BCUT2D eigenvalue weighted by molar-refractivity contribution is 0.867. The van der Waals surface area contributed by atoms with Gasteiger partial charge >= 0.3 is 0 Å². The number of halogens is 1. The predicted molar refractivity (Wildman–Crippen MR) is 103 cm³/mol. The van der Waals surface area contributed by atoms with Crippen LogP contribution in [0.3, 0.4) is 0 Å². The van der Waals surface area contributed by atoms with Crippen molar-refractivity contribution in [1.29, 1.82) is 0 Å². The van der Waals surface area contributed by atoms with E-state index in [1.807, 2.05) is 37.3 Å². The lowest BCUT2D eigenvalue weighted by Crippen LogP contribution is -2.03. The quantitative estimate of drug-likeness (QED) is 0.639. The van der Waals surface area contributed by atoms with Gasteiger partial charge in [-0.1, -0.05) is 43.6 Å². The molecule has 2 N–H and O–H groups in total. The summed E-state index contributed by atoms with van der Waals surface area (Å²) in [7, 11) is 0. The van der Waals surface area contributed by atoms with E-state index < -0.39 is 0 Å². The monoisotopic (exact) mass is 353 g/mol. The van der Waals surface area contributed by atoms with Crippen molar-refractivity contribution in [2.45, 2.75) is 26.7 Å². The first kappa shape index (κ1) is 17.2. The highest BCUT2D eigenvalue weighted by Crippen LogP contribution is 2.23. The summed E-state index contributed by atoms with van der Waals surface area (Å²) in [6.45, 7) is 6.34. The molecule has 0 aliphatic heterocycles. The minimum Gasteiger partial charge on any atom is -0.339 e. The SMILES string of the molecule is Cc1ccc(Cl)cc1Nc1nncc(Nc2ccc(C(C)C)cc2)n1. The average Bonchev–Trinajstić information content (AvgIpc) is 2.59. The van der Waals surface area contributed by atoms with Crippen LogP contribution >= 0.6 is 11.6 Å². The van der Waals surface area contributed by atoms with Gasteiger partial charge in [0.05, 0.1) is 6.20 Å². The molecule has 0 saturated heterocycles. The Kier molecular flexibility index (Phi) is 5.14. The van der Waals surface area contributed by atoms with Crippen LogP contribution in [0.1, 0.15) is 30.9 Å². The first-order valence-corrected chi connectivity index (χ1v) is 8.49. The van der Waals surface area contributed by atoms with Crippen LogP contribution in [0.4, 0.5) is 23.1 Å². The molecule has 0 aliphatic carbocycles. The Morgan fingerprint density at radius 1 is 1.00 bits per heavy atom. The van der Waals surface area contributed by atoms with Crippen molar-refractivity contribution in [3.63, 3.8) is 0 Å². The second-order valence-corrected chi connectivity index (χ2v) is 6.59. The molecule has 0 atom stereocenters. The molecule has 6 heteroatoms. The number of benzene rings is 2. The van der Waals surface area contributed by atoms with Gasteiger partial charge in [-0.2, -0.15) is 10.1 Å². The maximum atomic E-state index is 6.05. The van der Waals surface area contributed by atoms with Gasteiger partial charge in [-0.25, -0.2) is 0 Å². The van der Waals surface area contributed by atoms with E-state index in [-0.39, 0.29) is 0 Å². The number of nitrogens with one attached hydrogen (secondary N) is 2. The molecule has 2 aromatic carbocycles. The van der Waals surface area contributed by atoms with Crippen LogP contribution in [0.25, 0.3) is 0 Å². The van der Waals surface area contributed by atoms with Crippen molar-refractivity contribution in [1.82, 2.24) is 15.2 Å². The van der Waals surface area contributed by atoms with Crippen molar-refractivity contribution in [2.24, 2.45) is 0 Å². The van der Waals surface area contributed by atoms with E-state index in [0.29, 0.717) is 22.7 Å². The largest absolute Gasteiger partial charge is 0.339 e. The van der Waals surface area contributed by atoms with E-state index in [9.17, 15) is 0 Å². The molecule has 0 spiro atoms. The molecule has 128 valence electrons. The topological polar surface area (TPSA) is 62.7 Å². The molecule has 0 aliphatic rings. The first-order valence-electron chi connectivity index (χ1n) is 8.11. The Labute approximate surface area is 152 Å². The third-order valence-corrected chi connectivity index (χ3v) is 4.09. The molecule has 0 bridgehead atoms. The van der Waals surface area contributed by atoms with Gasteiger partial charge in [-0.15, -0.1) is 5.10 Å². The van der Waals surface area contributed by atoms with Crippen LogP contribution < -0.4 is 10.6 Å². The van der Waals surface area contributed by atoms with Crippen LogP contribution in [-0.4, -0.2) is 15.2 Å². The second kappa shape index (κ2) is 7.49. The smallest absolute Gasteiger partial charge is 0.249 e. The highest BCUT2D eigenvalue weighted by molar-refractivity contribution is 6.30. The summed E-state index contributed by atoms with van der Waals surface area (Å²) in [6.07, 6.45) is 1.59. The first-order chi connectivity index (χ1) is 12.0. The van der Waals surface area contributed by atoms with Gasteiger partial charge in [0, 0.05) is 16.4 Å². The van der Waals surface area contributed by atoms with Gasteiger partial charge in [0.15, 0.2) is 5.82 Å². The van der Waals surface area contributed by atoms with E-state index in [0.717, 1.165) is 16.9 Å². The molecule has 0 fully saturated rings. The Hall–Kier alpha value is -2.66. The number of aromatic nitrogens is 3. The summed E-state index contributed by atoms with van der Waals surface area (Å²) in [6, 6.07) is 13.9. The molecule has 25 heavy (non-hydrogen) atoms. The summed E-state index contributed by atoms with van der Waals surface area (Å²) >= 11 is 6.05. The fourth-order valence-electron chi connectivity index (χ4n) is 2.37. The zero-order valence-electron chi connectivity index (χ0n) is 14.4. The lowest BCUT2D eigenvalue weighted by Gasteiger charge is -2.10. The number of rotatable bonds is 5. The van der Waals surface area contributed by atoms with Crippen LogP contribution in [0, 0.1) is 6.92 Å². The van der Waals surface area contributed by atoms with Gasteiger partial charge in [0.25, 0.3) is 0 Å². The molecule has 5 nitrogen and oxygen atoms in total. The second-order valence-electron chi connectivity index (χ2n) is 6.15. The zero-order chi connectivity index (χ0) is 17.8. The lowest BCUT2D eigenvalue weighted by atomic mass is 10.0. The predicted octanol–water partition coefficient (Wildman–Crippen LogP) is 5.44. The summed E-state index contributed by atoms with van der Waals surface area (Å²) < 4.78 is 0. The number of anilines is 4. The van der Waals surface area contributed by atoms with Crippen LogP contribution in [0.15, 0.2) is 48.7 Å². The molecule has 0 radical (unpaired) electrons. The van der Waals surface area contributed by atoms with Gasteiger partial charge in [-0.3, -0.25) is 0 Å². The van der Waals surface area contributed by atoms with Crippen LogP contribution in [0.2, 0.25) is 5.02 Å². The molecular weight excluding hydrogens is 334 g/mol. The maximum absolute atomic E-state index is 6.05. The molecule has 0 amide bonds. The number of nitrogens with zero attached hydrogens (tertiary/aromatic N) is 3. The standard InChI is InChI=1S/C19H20ClN5/c1-12(2)14-5-8-16(9-6-14)22-18-11-21-25-19(24-18)23-17-10-15(20)7-4-13(17)3/h4-12H,1-3H3,(H2,22,23,24,25). The van der Waals surface area contributed by atoms with E-state index in [1.165, 1.54) is 5.56 Å². The van der Waals surface area contributed by atoms with Crippen molar-refractivity contribution in [3.8, 4) is 0 Å². The van der Waals surface area contributed by atoms with Crippen molar-refractivity contribution < 1.29 is 0 Å². The van der Waals surface area contributed by atoms with E-state index in [4.69, 9.17) is 11.6 Å². The van der Waals surface area contributed by atoms with Gasteiger partial charge in [-0.05, 0) is 48.2 Å². The van der Waals surface area contributed by atoms with Crippen LogP contribution in [0.5, 0.6) is 0 Å². The van der Waals surface area contributed by atoms with Crippen molar-refractivity contribution in [3.05, 3.63) is 64.8 Å². The number of hydrogen-bond donors (Lipinski definition) is 2. The minimum atomic E-state index is 0.411. The third kappa shape index (κ3) is 4.45. The summed E-state index contributed by atoms with van der Waals surface area (Å²) in [5.41, 5.74) is 4.16. The Bertz CT molecular complexity index is 862. The van der Waals surface area contributed by atoms with Crippen molar-refractivity contribution >= 4 is 34.7 Å². The van der Waals surface area contributed by atoms with E-state index in [2.05, 4.69) is 51.8 Å². The summed E-state index contributed by atoms with van der Waals surface area (Å²) in [4.78, 5) is 4.45. The molecule has 3 aromatic rings. The van der Waals surface area contributed by atoms with Gasteiger partial charge < -0.3 is 10.6 Å². The van der Waals surface area contributed by atoms with Gasteiger partial charge in [0.1, 0.15) is 0 Å². The minimum absolute atomic E-state index is 0.411. The summed E-state index contributed by atoms with van der Waals surface area (Å²) in [5.74, 6) is 1.54. The third-order valence-electron chi connectivity index (χ3n) is 3.85. The van der Waals surface area contributed by atoms with E-state index >= 15 is 0 Å². The maximum Gasteiger partial charge on any atom is 0.249 e. The highest BCUT2D eigenvalue weighted by Gasteiger charge is 2.05. The summed E-state index contributed by atoms with van der Waals surface area (Å²) in [5, 5.41) is 15.1. The van der Waals surface area contributed by atoms with Gasteiger partial charge in [0.2, 0.25) is 5.95 Å². The normalized spacial score (nSPS) is 10.8. The zero-order valence-corrected chi connectivity index (χ0v) is 15.2. The highest BCUT2D eigenvalue weighted by atomic mass is 35.5. The molecule has 0 saturated carbocycles. The number of aryl methyl sites for hydroxylation is 1. The molecule has 0 unspecified atom stereocenters. The molecule has 1 aromatic heterocycles. The van der Waals surface area contributed by atoms with Crippen LogP contribution in [-0.2, 0) is 0 Å². The molecular formula is C19H20ClN5. The number of hydrogen-bond acceptors (Lipinski definition) is 5. The molecule has 1 heterocycles.